The minimum atomic E-state index is 0.407. The Bertz CT molecular complexity index is 584. The topological polar surface area (TPSA) is 29.3 Å². The van der Waals surface area contributed by atoms with Crippen molar-refractivity contribution in [1.29, 1.82) is 0 Å². The predicted octanol–water partition coefficient (Wildman–Crippen LogP) is 3.72. The standard InChI is InChI=1S/C15H15BrN2S/c1-18(10-11-5-3-2-4-6-11)12-7-8-13(15(17)19)14(16)9-12/h2-9H,10H2,1H3,(H2,17,19). The summed E-state index contributed by atoms with van der Waals surface area (Å²) >= 11 is 8.50. The third-order valence-electron chi connectivity index (χ3n) is 2.92. The maximum atomic E-state index is 5.65. The van der Waals surface area contributed by atoms with Gasteiger partial charge in [0.15, 0.2) is 0 Å². The number of benzene rings is 2. The molecule has 0 saturated carbocycles. The summed E-state index contributed by atoms with van der Waals surface area (Å²) in [6.07, 6.45) is 0. The Labute approximate surface area is 127 Å². The second kappa shape index (κ2) is 6.17. The van der Waals surface area contributed by atoms with Crippen molar-refractivity contribution in [3.05, 3.63) is 64.1 Å². The largest absolute Gasteiger partial charge is 0.389 e. The van der Waals surface area contributed by atoms with Crippen LogP contribution < -0.4 is 10.6 Å². The highest BCUT2D eigenvalue weighted by Crippen LogP contribution is 2.24. The van der Waals surface area contributed by atoms with Crippen molar-refractivity contribution >= 4 is 38.8 Å². The van der Waals surface area contributed by atoms with Gasteiger partial charge in [-0.3, -0.25) is 0 Å². The van der Waals surface area contributed by atoms with Crippen molar-refractivity contribution in [3.8, 4) is 0 Å². The van der Waals surface area contributed by atoms with Crippen LogP contribution in [0.2, 0.25) is 0 Å². The van der Waals surface area contributed by atoms with E-state index in [0.29, 0.717) is 4.99 Å². The van der Waals surface area contributed by atoms with Crippen molar-refractivity contribution < 1.29 is 0 Å². The van der Waals surface area contributed by atoms with Crippen molar-refractivity contribution in [3.63, 3.8) is 0 Å². The summed E-state index contributed by atoms with van der Waals surface area (Å²) in [6, 6.07) is 16.4. The first-order valence-electron chi connectivity index (χ1n) is 5.92. The van der Waals surface area contributed by atoms with Crippen LogP contribution in [-0.2, 0) is 6.54 Å². The van der Waals surface area contributed by atoms with Gasteiger partial charge in [0, 0.05) is 29.3 Å². The first kappa shape index (κ1) is 14.0. The Balaban J connectivity index is 2.18. The number of nitrogens with zero attached hydrogens (tertiary/aromatic N) is 1. The van der Waals surface area contributed by atoms with Gasteiger partial charge in [0.2, 0.25) is 0 Å². The molecule has 4 heteroatoms. The molecule has 0 aliphatic rings. The van der Waals surface area contributed by atoms with Gasteiger partial charge in [-0.1, -0.05) is 42.5 Å². The van der Waals surface area contributed by atoms with Crippen LogP contribution in [0, 0.1) is 0 Å². The van der Waals surface area contributed by atoms with Gasteiger partial charge >= 0.3 is 0 Å². The zero-order chi connectivity index (χ0) is 13.8. The normalized spacial score (nSPS) is 10.2. The maximum absolute atomic E-state index is 5.65. The molecule has 19 heavy (non-hydrogen) atoms. The Hall–Kier alpha value is -1.39. The Morgan fingerprint density at radius 2 is 1.89 bits per heavy atom. The molecule has 2 N–H and O–H groups in total. The first-order chi connectivity index (χ1) is 9.08. The molecular formula is C15H15BrN2S. The van der Waals surface area contributed by atoms with Crippen LogP contribution in [0.5, 0.6) is 0 Å². The van der Waals surface area contributed by atoms with Crippen LogP contribution in [0.25, 0.3) is 0 Å². The van der Waals surface area contributed by atoms with E-state index < -0.39 is 0 Å². The third-order valence-corrected chi connectivity index (χ3v) is 3.80. The number of hydrogen-bond acceptors (Lipinski definition) is 2. The minimum absolute atomic E-state index is 0.407. The SMILES string of the molecule is CN(Cc1ccccc1)c1ccc(C(N)=S)c(Br)c1. The quantitative estimate of drug-likeness (QED) is 0.864. The highest BCUT2D eigenvalue weighted by Gasteiger charge is 2.07. The van der Waals surface area contributed by atoms with Gasteiger partial charge in [-0.05, 0) is 39.7 Å². The van der Waals surface area contributed by atoms with E-state index in [1.54, 1.807) is 0 Å². The van der Waals surface area contributed by atoms with E-state index in [1.807, 2.05) is 24.3 Å². The first-order valence-corrected chi connectivity index (χ1v) is 7.12. The second-order valence-corrected chi connectivity index (χ2v) is 5.66. The molecule has 2 rings (SSSR count). The summed E-state index contributed by atoms with van der Waals surface area (Å²) in [7, 11) is 2.06. The van der Waals surface area contributed by atoms with Gasteiger partial charge in [0.05, 0.1) is 0 Å². The molecule has 0 aliphatic heterocycles. The van der Waals surface area contributed by atoms with Crippen LogP contribution in [0.15, 0.2) is 53.0 Å². The molecular weight excluding hydrogens is 320 g/mol. The zero-order valence-corrected chi connectivity index (χ0v) is 13.0. The fourth-order valence-corrected chi connectivity index (χ4v) is 2.78. The molecule has 0 fully saturated rings. The summed E-state index contributed by atoms with van der Waals surface area (Å²) in [5.41, 5.74) is 8.92. The Morgan fingerprint density at radius 3 is 2.47 bits per heavy atom. The molecule has 98 valence electrons. The molecule has 0 bridgehead atoms. The van der Waals surface area contributed by atoms with Crippen LogP contribution in [0.3, 0.4) is 0 Å². The maximum Gasteiger partial charge on any atom is 0.105 e. The molecule has 0 unspecified atom stereocenters. The van der Waals surface area contributed by atoms with Crippen LogP contribution in [-0.4, -0.2) is 12.0 Å². The van der Waals surface area contributed by atoms with Crippen LogP contribution in [0.4, 0.5) is 5.69 Å². The third kappa shape index (κ3) is 3.55. The molecule has 2 aromatic carbocycles. The van der Waals surface area contributed by atoms with Crippen molar-refractivity contribution in [2.24, 2.45) is 5.73 Å². The van der Waals surface area contributed by atoms with Gasteiger partial charge in [-0.2, -0.15) is 0 Å². The molecule has 2 aromatic rings. The molecule has 0 radical (unpaired) electrons. The van der Waals surface area contributed by atoms with Crippen molar-refractivity contribution in [1.82, 2.24) is 0 Å². The highest BCUT2D eigenvalue weighted by atomic mass is 79.9. The fraction of sp³-hybridized carbons (Fsp3) is 0.133. The molecule has 0 saturated heterocycles. The smallest absolute Gasteiger partial charge is 0.105 e. The average molecular weight is 335 g/mol. The molecule has 0 aliphatic carbocycles. The minimum Gasteiger partial charge on any atom is -0.389 e. The Kier molecular flexibility index (Phi) is 4.56. The Morgan fingerprint density at radius 1 is 1.21 bits per heavy atom. The van der Waals surface area contributed by atoms with E-state index in [0.717, 1.165) is 22.3 Å². The van der Waals surface area contributed by atoms with E-state index in [1.165, 1.54) is 5.56 Å². The number of thiocarbonyl (C=S) groups is 1. The molecule has 0 amide bonds. The number of nitrogens with two attached hydrogens (primary N) is 1. The van der Waals surface area contributed by atoms with Gasteiger partial charge in [0.25, 0.3) is 0 Å². The van der Waals surface area contributed by atoms with Crippen molar-refractivity contribution in [2.45, 2.75) is 6.54 Å². The summed E-state index contributed by atoms with van der Waals surface area (Å²) in [5, 5.41) is 0. The molecule has 0 spiro atoms. The lowest BCUT2D eigenvalue weighted by Crippen LogP contribution is -2.17. The monoisotopic (exact) mass is 334 g/mol. The summed E-state index contributed by atoms with van der Waals surface area (Å²) in [4.78, 5) is 2.59. The zero-order valence-electron chi connectivity index (χ0n) is 10.6. The fourth-order valence-electron chi connectivity index (χ4n) is 1.89. The van der Waals surface area contributed by atoms with E-state index in [2.05, 4.69) is 52.1 Å². The van der Waals surface area contributed by atoms with E-state index in [4.69, 9.17) is 18.0 Å². The second-order valence-electron chi connectivity index (χ2n) is 4.37. The van der Waals surface area contributed by atoms with Gasteiger partial charge < -0.3 is 10.6 Å². The van der Waals surface area contributed by atoms with E-state index >= 15 is 0 Å². The lowest BCUT2D eigenvalue weighted by molar-refractivity contribution is 0.922. The molecule has 2 nitrogen and oxygen atoms in total. The lowest BCUT2D eigenvalue weighted by Gasteiger charge is -2.20. The summed E-state index contributed by atoms with van der Waals surface area (Å²) in [6.45, 7) is 0.861. The number of halogens is 1. The van der Waals surface area contributed by atoms with Gasteiger partial charge in [0.1, 0.15) is 4.99 Å². The summed E-state index contributed by atoms with van der Waals surface area (Å²) in [5.74, 6) is 0. The molecule has 0 atom stereocenters. The van der Waals surface area contributed by atoms with Crippen molar-refractivity contribution in [2.75, 3.05) is 11.9 Å². The predicted molar refractivity (Wildman–Crippen MR) is 88.6 cm³/mol. The van der Waals surface area contributed by atoms with Crippen LogP contribution >= 0.6 is 28.1 Å². The molecule has 0 aromatic heterocycles. The van der Waals surface area contributed by atoms with Gasteiger partial charge in [-0.25, -0.2) is 0 Å². The molecule has 0 heterocycles. The van der Waals surface area contributed by atoms with E-state index in [-0.39, 0.29) is 0 Å². The lowest BCUT2D eigenvalue weighted by atomic mass is 10.1. The number of anilines is 1. The van der Waals surface area contributed by atoms with Gasteiger partial charge in [-0.15, -0.1) is 0 Å². The average Bonchev–Trinajstić information content (AvgIpc) is 2.39. The summed E-state index contributed by atoms with van der Waals surface area (Å²) < 4.78 is 0.928. The van der Waals surface area contributed by atoms with Crippen LogP contribution in [0.1, 0.15) is 11.1 Å². The number of hydrogen-bond donors (Lipinski definition) is 1. The highest BCUT2D eigenvalue weighted by molar-refractivity contribution is 9.10. The van der Waals surface area contributed by atoms with E-state index in [9.17, 15) is 0 Å². The number of rotatable bonds is 4.